The molecule has 0 bridgehead atoms. The number of aromatic amines is 1. The van der Waals surface area contributed by atoms with E-state index >= 15 is 0 Å². The second-order valence-electron chi connectivity index (χ2n) is 7.92. The average molecular weight is 368 g/mol. The Labute approximate surface area is 157 Å². The zero-order chi connectivity index (χ0) is 18.7. The van der Waals surface area contributed by atoms with Gasteiger partial charge in [-0.1, -0.05) is 0 Å². The molecule has 1 saturated heterocycles. The number of aromatic hydroxyl groups is 1. The summed E-state index contributed by atoms with van der Waals surface area (Å²) in [6.07, 6.45) is 3.53. The first-order valence-corrected chi connectivity index (χ1v) is 9.58. The summed E-state index contributed by atoms with van der Waals surface area (Å²) in [5.74, 6) is 0.427. The molecule has 4 atom stereocenters. The molecule has 3 aliphatic rings. The summed E-state index contributed by atoms with van der Waals surface area (Å²) < 4.78 is 10.8. The molecule has 4 heterocycles. The van der Waals surface area contributed by atoms with E-state index in [1.807, 2.05) is 12.1 Å². The lowest BCUT2D eigenvalue weighted by atomic mass is 9.72. The van der Waals surface area contributed by atoms with Crippen molar-refractivity contribution in [1.29, 1.82) is 0 Å². The van der Waals surface area contributed by atoms with Crippen LogP contribution in [0.2, 0.25) is 0 Å². The van der Waals surface area contributed by atoms with E-state index in [0.29, 0.717) is 11.3 Å². The van der Waals surface area contributed by atoms with Gasteiger partial charge in [0.15, 0.2) is 0 Å². The van der Waals surface area contributed by atoms with Crippen LogP contribution in [0.25, 0.3) is 10.9 Å². The van der Waals surface area contributed by atoms with Gasteiger partial charge >= 0.3 is 5.97 Å². The molecule has 0 aliphatic carbocycles. The van der Waals surface area contributed by atoms with E-state index < -0.39 is 0 Å². The van der Waals surface area contributed by atoms with Gasteiger partial charge in [0.2, 0.25) is 0 Å². The van der Waals surface area contributed by atoms with Crippen LogP contribution in [-0.4, -0.2) is 47.3 Å². The van der Waals surface area contributed by atoms with Crippen molar-refractivity contribution in [3.05, 3.63) is 41.3 Å². The van der Waals surface area contributed by atoms with Crippen molar-refractivity contribution in [3.8, 4) is 5.75 Å². The molecule has 3 unspecified atom stereocenters. The molecule has 0 radical (unpaired) electrons. The Morgan fingerprint density at radius 1 is 1.41 bits per heavy atom. The molecule has 2 aromatic rings. The number of carbonyl (C=O) groups excluding carboxylic acids is 1. The highest BCUT2D eigenvalue weighted by Gasteiger charge is 2.46. The smallest absolute Gasteiger partial charge is 0.337 e. The van der Waals surface area contributed by atoms with Crippen molar-refractivity contribution in [2.24, 2.45) is 11.8 Å². The van der Waals surface area contributed by atoms with Gasteiger partial charge in [0.05, 0.1) is 31.1 Å². The van der Waals surface area contributed by atoms with Gasteiger partial charge in [-0.05, 0) is 43.5 Å². The van der Waals surface area contributed by atoms with Crippen molar-refractivity contribution in [1.82, 2.24) is 9.88 Å². The zero-order valence-electron chi connectivity index (χ0n) is 15.6. The van der Waals surface area contributed by atoms with Crippen LogP contribution in [0.3, 0.4) is 0 Å². The summed E-state index contributed by atoms with van der Waals surface area (Å²) in [5.41, 5.74) is 4.24. The first-order chi connectivity index (χ1) is 13.1. The van der Waals surface area contributed by atoms with Crippen LogP contribution in [0.15, 0.2) is 30.0 Å². The van der Waals surface area contributed by atoms with Crippen LogP contribution in [0.4, 0.5) is 0 Å². The number of nitrogens with zero attached hydrogens (tertiary/aromatic N) is 1. The maximum Gasteiger partial charge on any atom is 0.337 e. The quantitative estimate of drug-likeness (QED) is 0.757. The SMILES string of the molecule is COC(=O)C1=CO[C@@H](C)C2CN3CCc4c([nH]c5ccc(O)cc45)C3CC12. The lowest BCUT2D eigenvalue weighted by molar-refractivity contribution is -0.139. The third-order valence-corrected chi connectivity index (χ3v) is 6.62. The van der Waals surface area contributed by atoms with Crippen molar-refractivity contribution >= 4 is 16.9 Å². The molecule has 3 aliphatic heterocycles. The van der Waals surface area contributed by atoms with Crippen LogP contribution in [0.1, 0.15) is 30.6 Å². The Kier molecular flexibility index (Phi) is 3.72. The molecular formula is C21H24N2O4. The summed E-state index contributed by atoms with van der Waals surface area (Å²) in [6, 6.07) is 5.75. The highest BCUT2D eigenvalue weighted by molar-refractivity contribution is 5.89. The normalized spacial score (nSPS) is 29.9. The Morgan fingerprint density at radius 3 is 3.07 bits per heavy atom. The van der Waals surface area contributed by atoms with Crippen molar-refractivity contribution < 1.29 is 19.4 Å². The number of esters is 1. The predicted molar refractivity (Wildman–Crippen MR) is 100 cm³/mol. The number of phenolic OH excluding ortho intramolecular Hbond substituents is 1. The number of piperidine rings is 1. The third-order valence-electron chi connectivity index (χ3n) is 6.62. The summed E-state index contributed by atoms with van der Waals surface area (Å²) in [5, 5.41) is 11.0. The lowest BCUT2D eigenvalue weighted by Crippen LogP contribution is -2.51. The van der Waals surface area contributed by atoms with Crippen LogP contribution in [-0.2, 0) is 20.7 Å². The molecule has 6 heteroatoms. The Hall–Kier alpha value is -2.47. The maximum absolute atomic E-state index is 12.3. The number of rotatable bonds is 1. The summed E-state index contributed by atoms with van der Waals surface area (Å²) >= 11 is 0. The highest BCUT2D eigenvalue weighted by Crippen LogP contribution is 2.47. The van der Waals surface area contributed by atoms with Gasteiger partial charge in [0.25, 0.3) is 0 Å². The van der Waals surface area contributed by atoms with Crippen molar-refractivity contribution in [2.45, 2.75) is 31.9 Å². The van der Waals surface area contributed by atoms with Crippen LogP contribution in [0, 0.1) is 11.8 Å². The number of hydrogen-bond donors (Lipinski definition) is 2. The summed E-state index contributed by atoms with van der Waals surface area (Å²) in [7, 11) is 1.42. The first-order valence-electron chi connectivity index (χ1n) is 9.58. The second kappa shape index (κ2) is 6.02. The van der Waals surface area contributed by atoms with Crippen LogP contribution < -0.4 is 0 Å². The number of nitrogens with one attached hydrogen (secondary N) is 1. The van der Waals surface area contributed by atoms with Gasteiger partial charge in [0.1, 0.15) is 5.75 Å². The molecule has 0 saturated carbocycles. The Balaban J connectivity index is 1.55. The number of H-pyrrole nitrogens is 1. The van der Waals surface area contributed by atoms with E-state index in [2.05, 4.69) is 16.8 Å². The predicted octanol–water partition coefficient (Wildman–Crippen LogP) is 2.88. The topological polar surface area (TPSA) is 74.8 Å². The van der Waals surface area contributed by atoms with Gasteiger partial charge in [-0.15, -0.1) is 0 Å². The number of ether oxygens (including phenoxy) is 2. The molecule has 1 aromatic carbocycles. The fourth-order valence-electron chi connectivity index (χ4n) is 5.22. The number of aromatic nitrogens is 1. The molecule has 2 N–H and O–H groups in total. The molecule has 6 nitrogen and oxygen atoms in total. The van der Waals surface area contributed by atoms with Crippen molar-refractivity contribution in [2.75, 3.05) is 20.2 Å². The summed E-state index contributed by atoms with van der Waals surface area (Å²) in [4.78, 5) is 18.4. The number of hydrogen-bond acceptors (Lipinski definition) is 5. The molecule has 142 valence electrons. The van der Waals surface area contributed by atoms with E-state index in [1.165, 1.54) is 18.4 Å². The largest absolute Gasteiger partial charge is 0.508 e. The minimum atomic E-state index is -0.289. The van der Waals surface area contributed by atoms with Gasteiger partial charge in [-0.2, -0.15) is 0 Å². The van der Waals surface area contributed by atoms with Gasteiger partial charge in [0, 0.05) is 41.5 Å². The van der Waals surface area contributed by atoms with Gasteiger partial charge < -0.3 is 19.6 Å². The third kappa shape index (κ3) is 2.46. The Bertz CT molecular complexity index is 947. The van der Waals surface area contributed by atoms with E-state index in [1.54, 1.807) is 12.3 Å². The zero-order valence-corrected chi connectivity index (χ0v) is 15.6. The molecule has 27 heavy (non-hydrogen) atoms. The second-order valence-corrected chi connectivity index (χ2v) is 7.92. The molecule has 1 aromatic heterocycles. The van der Waals surface area contributed by atoms with E-state index in [9.17, 15) is 9.90 Å². The summed E-state index contributed by atoms with van der Waals surface area (Å²) in [6.45, 7) is 3.97. The van der Waals surface area contributed by atoms with E-state index in [0.717, 1.165) is 36.8 Å². The number of carbonyl (C=O) groups is 1. The molecule has 1 fully saturated rings. The molecule has 5 rings (SSSR count). The standard InChI is InChI=1S/C21H24N2O4/c1-11-16-9-23-6-5-13-15-7-12(24)3-4-18(15)22-20(13)19(23)8-14(16)17(10-27-11)21(25)26-2/h3-4,7,10-11,14,16,19,22,24H,5-6,8-9H2,1-2H3/t11-,14?,16?,19?/m0/s1. The van der Waals surface area contributed by atoms with E-state index in [4.69, 9.17) is 9.47 Å². The Morgan fingerprint density at radius 2 is 2.26 bits per heavy atom. The molecular weight excluding hydrogens is 344 g/mol. The average Bonchev–Trinajstić information content (AvgIpc) is 3.05. The van der Waals surface area contributed by atoms with E-state index in [-0.39, 0.29) is 30.0 Å². The minimum absolute atomic E-state index is 0.0883. The highest BCUT2D eigenvalue weighted by atomic mass is 16.5. The number of benzene rings is 1. The minimum Gasteiger partial charge on any atom is -0.508 e. The fraction of sp³-hybridized carbons (Fsp3) is 0.476. The molecule has 0 spiro atoms. The fourth-order valence-corrected chi connectivity index (χ4v) is 5.22. The van der Waals surface area contributed by atoms with Crippen LogP contribution >= 0.6 is 0 Å². The lowest BCUT2D eigenvalue weighted by Gasteiger charge is -2.49. The number of fused-ring (bicyclic) bond motifs is 6. The van der Waals surface area contributed by atoms with Crippen molar-refractivity contribution in [3.63, 3.8) is 0 Å². The van der Waals surface area contributed by atoms with Gasteiger partial charge in [-0.3, -0.25) is 4.90 Å². The molecule has 0 amide bonds. The maximum atomic E-state index is 12.3. The number of methoxy groups -OCH3 is 1. The van der Waals surface area contributed by atoms with Gasteiger partial charge in [-0.25, -0.2) is 4.79 Å². The first kappa shape index (κ1) is 16.7. The van der Waals surface area contributed by atoms with Crippen LogP contribution in [0.5, 0.6) is 5.75 Å². The number of phenols is 1. The monoisotopic (exact) mass is 368 g/mol.